The summed E-state index contributed by atoms with van der Waals surface area (Å²) in [4.78, 5) is 33.2. The van der Waals surface area contributed by atoms with Gasteiger partial charge in [-0.15, -0.1) is 0 Å². The highest BCUT2D eigenvalue weighted by Gasteiger charge is 2.33. The van der Waals surface area contributed by atoms with Gasteiger partial charge in [-0.25, -0.2) is 0 Å². The summed E-state index contributed by atoms with van der Waals surface area (Å²) < 4.78 is 0. The van der Waals surface area contributed by atoms with Gasteiger partial charge in [-0.05, 0) is 27.7 Å². The Morgan fingerprint density at radius 3 is 1.94 bits per heavy atom. The fourth-order valence-electron chi connectivity index (χ4n) is 0.931. The number of carbonyl (C=O) groups excluding carboxylic acids is 2. The summed E-state index contributed by atoms with van der Waals surface area (Å²) >= 11 is 0. The van der Waals surface area contributed by atoms with E-state index in [0.717, 1.165) is 0 Å². The summed E-state index contributed by atoms with van der Waals surface area (Å²) in [6, 6.07) is 0. The lowest BCUT2D eigenvalue weighted by Gasteiger charge is -2.25. The molecule has 0 aliphatic heterocycles. The van der Waals surface area contributed by atoms with E-state index in [2.05, 4.69) is 5.32 Å². The Bertz CT molecular complexity index is 291. The molecule has 0 fully saturated rings. The van der Waals surface area contributed by atoms with Crippen molar-refractivity contribution in [1.29, 1.82) is 0 Å². The summed E-state index contributed by atoms with van der Waals surface area (Å²) in [6.07, 6.45) is -0.209. The molecule has 0 atom stereocenters. The fraction of sp³-hybridized carbons (Fsp3) is 0.700. The maximum atomic E-state index is 11.5. The molecule has 0 aliphatic rings. The molecule has 0 aromatic rings. The van der Waals surface area contributed by atoms with Crippen LogP contribution < -0.4 is 11.1 Å². The molecule has 92 valence electrons. The van der Waals surface area contributed by atoms with E-state index in [1.54, 1.807) is 0 Å². The Hall–Kier alpha value is -1.59. The number of hydrogen-bond acceptors (Lipinski definition) is 3. The van der Waals surface area contributed by atoms with Crippen molar-refractivity contribution in [3.05, 3.63) is 0 Å². The van der Waals surface area contributed by atoms with Crippen molar-refractivity contribution < 1.29 is 19.5 Å². The van der Waals surface area contributed by atoms with Crippen LogP contribution in [0.1, 0.15) is 34.1 Å². The predicted molar refractivity (Wildman–Crippen MR) is 57.4 cm³/mol. The van der Waals surface area contributed by atoms with E-state index < -0.39 is 28.7 Å². The largest absolute Gasteiger partial charge is 0.481 e. The number of nitrogens with two attached hydrogens (primary N) is 1. The van der Waals surface area contributed by atoms with Crippen molar-refractivity contribution in [1.82, 2.24) is 5.32 Å². The average Bonchev–Trinajstić information content (AvgIpc) is 2.00. The van der Waals surface area contributed by atoms with Crippen LogP contribution in [0.5, 0.6) is 0 Å². The SMILES string of the molecule is CC(C)(CC(=O)NC(C)(C)C(N)=O)C(=O)O. The Morgan fingerprint density at radius 1 is 1.19 bits per heavy atom. The van der Waals surface area contributed by atoms with Gasteiger partial charge < -0.3 is 16.2 Å². The van der Waals surface area contributed by atoms with E-state index in [1.165, 1.54) is 27.7 Å². The van der Waals surface area contributed by atoms with Crippen LogP contribution >= 0.6 is 0 Å². The van der Waals surface area contributed by atoms with Crippen molar-refractivity contribution in [2.24, 2.45) is 11.1 Å². The molecule has 0 aromatic heterocycles. The summed E-state index contributed by atoms with van der Waals surface area (Å²) in [5.41, 5.74) is 2.73. The molecule has 16 heavy (non-hydrogen) atoms. The molecule has 0 saturated carbocycles. The van der Waals surface area contributed by atoms with Crippen LogP contribution in [0.3, 0.4) is 0 Å². The molecule has 0 rings (SSSR count). The highest BCUT2D eigenvalue weighted by molar-refractivity contribution is 5.91. The lowest BCUT2D eigenvalue weighted by molar-refractivity contribution is -0.149. The topological polar surface area (TPSA) is 109 Å². The molecule has 0 saturated heterocycles. The van der Waals surface area contributed by atoms with Crippen LogP contribution in [0.2, 0.25) is 0 Å². The van der Waals surface area contributed by atoms with Crippen LogP contribution in [0, 0.1) is 5.41 Å². The predicted octanol–water partition coefficient (Wildman–Crippen LogP) is -0.133. The first-order valence-electron chi connectivity index (χ1n) is 4.83. The molecule has 0 spiro atoms. The second kappa shape index (κ2) is 4.51. The van der Waals surface area contributed by atoms with Crippen molar-refractivity contribution in [2.45, 2.75) is 39.7 Å². The highest BCUT2D eigenvalue weighted by atomic mass is 16.4. The number of primary amides is 1. The van der Waals surface area contributed by atoms with Gasteiger partial charge in [-0.3, -0.25) is 14.4 Å². The summed E-state index contributed by atoms with van der Waals surface area (Å²) in [5.74, 6) is -2.26. The minimum absolute atomic E-state index is 0.209. The first-order chi connectivity index (χ1) is 6.99. The number of carboxylic acids is 1. The zero-order chi connectivity index (χ0) is 13.1. The van der Waals surface area contributed by atoms with Crippen molar-refractivity contribution >= 4 is 17.8 Å². The molecule has 0 radical (unpaired) electrons. The molecule has 4 N–H and O–H groups in total. The van der Waals surface area contributed by atoms with E-state index >= 15 is 0 Å². The first kappa shape index (κ1) is 14.4. The van der Waals surface area contributed by atoms with E-state index in [-0.39, 0.29) is 6.42 Å². The molecule has 0 unspecified atom stereocenters. The highest BCUT2D eigenvalue weighted by Crippen LogP contribution is 2.20. The van der Waals surface area contributed by atoms with Crippen molar-refractivity contribution in [3.8, 4) is 0 Å². The first-order valence-corrected chi connectivity index (χ1v) is 4.83. The van der Waals surface area contributed by atoms with Crippen molar-refractivity contribution in [2.75, 3.05) is 0 Å². The minimum atomic E-state index is -1.17. The number of hydrogen-bond donors (Lipinski definition) is 3. The Labute approximate surface area is 94.2 Å². The van der Waals surface area contributed by atoms with Gasteiger partial charge in [0.05, 0.1) is 5.41 Å². The molecule has 6 heteroatoms. The van der Waals surface area contributed by atoms with Crippen molar-refractivity contribution in [3.63, 3.8) is 0 Å². The smallest absolute Gasteiger partial charge is 0.309 e. The van der Waals surface area contributed by atoms with Crippen LogP contribution in [-0.4, -0.2) is 28.4 Å². The minimum Gasteiger partial charge on any atom is -0.481 e. The quantitative estimate of drug-likeness (QED) is 0.611. The maximum absolute atomic E-state index is 11.5. The van der Waals surface area contributed by atoms with Gasteiger partial charge in [-0.2, -0.15) is 0 Å². The summed E-state index contributed by atoms with van der Waals surface area (Å²) in [5, 5.41) is 11.2. The Morgan fingerprint density at radius 2 is 1.62 bits per heavy atom. The number of rotatable bonds is 5. The molecule has 0 aromatic carbocycles. The number of amides is 2. The van der Waals surface area contributed by atoms with E-state index in [0.29, 0.717) is 0 Å². The second-order valence-corrected chi connectivity index (χ2v) is 4.90. The zero-order valence-electron chi connectivity index (χ0n) is 9.96. The lowest BCUT2D eigenvalue weighted by Crippen LogP contribution is -2.53. The zero-order valence-corrected chi connectivity index (χ0v) is 9.96. The second-order valence-electron chi connectivity index (χ2n) is 4.90. The van der Waals surface area contributed by atoms with Crippen LogP contribution in [-0.2, 0) is 14.4 Å². The maximum Gasteiger partial charge on any atom is 0.309 e. The molecular formula is C10H18N2O4. The van der Waals surface area contributed by atoms with Crippen LogP contribution in [0.25, 0.3) is 0 Å². The standard InChI is InChI=1S/C10H18N2O4/c1-9(2,8(15)16)5-6(13)12-10(3,4)7(11)14/h5H2,1-4H3,(H2,11,14)(H,12,13)(H,15,16). The average molecular weight is 230 g/mol. The third-order valence-corrected chi connectivity index (χ3v) is 2.25. The Kier molecular flexibility index (Phi) is 4.06. The van der Waals surface area contributed by atoms with Crippen LogP contribution in [0.4, 0.5) is 0 Å². The van der Waals surface area contributed by atoms with Gasteiger partial charge in [0.15, 0.2) is 0 Å². The normalized spacial score (nSPS) is 12.0. The lowest BCUT2D eigenvalue weighted by atomic mass is 9.88. The monoisotopic (exact) mass is 230 g/mol. The van der Waals surface area contributed by atoms with E-state index in [9.17, 15) is 14.4 Å². The van der Waals surface area contributed by atoms with Gasteiger partial charge in [-0.1, -0.05) is 0 Å². The molecule has 0 bridgehead atoms. The molecule has 0 heterocycles. The molecule has 0 aliphatic carbocycles. The van der Waals surface area contributed by atoms with E-state index in [1.807, 2.05) is 0 Å². The summed E-state index contributed by atoms with van der Waals surface area (Å²) in [7, 11) is 0. The third kappa shape index (κ3) is 3.88. The third-order valence-electron chi connectivity index (χ3n) is 2.25. The van der Waals surface area contributed by atoms with Gasteiger partial charge >= 0.3 is 5.97 Å². The van der Waals surface area contributed by atoms with Gasteiger partial charge in [0.1, 0.15) is 5.54 Å². The summed E-state index contributed by atoms with van der Waals surface area (Å²) in [6.45, 7) is 5.79. The molecule has 2 amide bonds. The molecule has 6 nitrogen and oxygen atoms in total. The van der Waals surface area contributed by atoms with Gasteiger partial charge in [0.25, 0.3) is 0 Å². The number of aliphatic carboxylic acids is 1. The fourth-order valence-corrected chi connectivity index (χ4v) is 0.931. The van der Waals surface area contributed by atoms with E-state index in [4.69, 9.17) is 10.8 Å². The Balaban J connectivity index is 4.52. The molecular weight excluding hydrogens is 212 g/mol. The van der Waals surface area contributed by atoms with Gasteiger partial charge in [0.2, 0.25) is 11.8 Å². The number of nitrogens with one attached hydrogen (secondary N) is 1. The van der Waals surface area contributed by atoms with Gasteiger partial charge in [0, 0.05) is 6.42 Å². The van der Waals surface area contributed by atoms with Crippen LogP contribution in [0.15, 0.2) is 0 Å². The number of carbonyl (C=O) groups is 3. The number of carboxylic acid groups (broad SMARTS) is 1.